The molecule has 0 atom stereocenters. The highest BCUT2D eigenvalue weighted by Crippen LogP contribution is 2.40. The summed E-state index contributed by atoms with van der Waals surface area (Å²) in [6.45, 7) is 0.489. The third kappa shape index (κ3) is 4.70. The number of rotatable bonds is 6. The van der Waals surface area contributed by atoms with E-state index in [0.29, 0.717) is 6.07 Å². The van der Waals surface area contributed by atoms with Crippen LogP contribution in [-0.4, -0.2) is 37.0 Å². The minimum Gasteiger partial charge on any atom is -0.508 e. The number of carbonyl (C=O) groups is 1. The highest BCUT2D eigenvalue weighted by Gasteiger charge is 2.37. The van der Waals surface area contributed by atoms with Gasteiger partial charge in [-0.25, -0.2) is 13.2 Å². The van der Waals surface area contributed by atoms with Crippen LogP contribution in [0.25, 0.3) is 11.1 Å². The number of phenols is 1. The first-order chi connectivity index (χ1) is 12.5. The van der Waals surface area contributed by atoms with Crippen LogP contribution >= 0.6 is 0 Å². The summed E-state index contributed by atoms with van der Waals surface area (Å²) < 4.78 is 69.3. The Morgan fingerprint density at radius 3 is 2.37 bits per heavy atom. The summed E-state index contributed by atoms with van der Waals surface area (Å²) in [7, 11) is -4.13. The van der Waals surface area contributed by atoms with Crippen molar-refractivity contribution in [1.29, 1.82) is 0 Å². The summed E-state index contributed by atoms with van der Waals surface area (Å²) in [5.74, 6) is -2.16. The Hall–Kier alpha value is -2.75. The summed E-state index contributed by atoms with van der Waals surface area (Å²) >= 11 is 0. The van der Waals surface area contributed by atoms with Crippen LogP contribution in [0.1, 0.15) is 12.5 Å². The van der Waals surface area contributed by atoms with E-state index in [2.05, 4.69) is 0 Å². The molecule has 0 aliphatic heterocycles. The maximum atomic E-state index is 13.4. The van der Waals surface area contributed by atoms with Gasteiger partial charge >= 0.3 is 12.1 Å². The maximum absolute atomic E-state index is 13.4. The molecule has 2 N–H and O–H groups in total. The van der Waals surface area contributed by atoms with Gasteiger partial charge in [0.1, 0.15) is 11.5 Å². The van der Waals surface area contributed by atoms with E-state index in [-0.39, 0.29) is 22.6 Å². The van der Waals surface area contributed by atoms with Crippen molar-refractivity contribution in [2.45, 2.75) is 18.0 Å². The minimum absolute atomic E-state index is 0.0119. The fourth-order valence-corrected chi connectivity index (χ4v) is 3.45. The fourth-order valence-electron chi connectivity index (χ4n) is 2.35. The molecule has 0 aromatic heterocycles. The number of phenolic OH excluding ortho intramolecular Hbond substituents is 1. The first kappa shape index (κ1) is 20.6. The summed E-state index contributed by atoms with van der Waals surface area (Å²) in [6.07, 6.45) is -4.94. The predicted octanol–water partition coefficient (Wildman–Crippen LogP) is 3.34. The quantitative estimate of drug-likeness (QED) is 0.766. The maximum Gasteiger partial charge on any atom is 0.417 e. The van der Waals surface area contributed by atoms with Crippen molar-refractivity contribution in [3.05, 3.63) is 42.0 Å². The molecule has 0 saturated heterocycles. The van der Waals surface area contributed by atoms with Crippen LogP contribution in [0.2, 0.25) is 0 Å². The van der Waals surface area contributed by atoms with Crippen molar-refractivity contribution >= 4 is 15.8 Å². The van der Waals surface area contributed by atoms with Crippen molar-refractivity contribution in [2.75, 3.05) is 12.4 Å². The van der Waals surface area contributed by atoms with Crippen molar-refractivity contribution in [3.63, 3.8) is 0 Å². The summed E-state index contributed by atoms with van der Waals surface area (Å²) in [5, 5.41) is 18.3. The second-order valence-electron chi connectivity index (χ2n) is 5.47. The van der Waals surface area contributed by atoms with Crippen LogP contribution in [0.3, 0.4) is 0 Å². The summed E-state index contributed by atoms with van der Waals surface area (Å²) in [6, 6.07) is 6.09. The third-order valence-corrected chi connectivity index (χ3v) is 5.41. The lowest BCUT2D eigenvalue weighted by Crippen LogP contribution is -2.15. The fraction of sp³-hybridized carbons (Fsp3) is 0.235. The van der Waals surface area contributed by atoms with Gasteiger partial charge in [-0.1, -0.05) is 13.0 Å². The zero-order chi connectivity index (χ0) is 20.4. The Labute approximate surface area is 152 Å². The first-order valence-corrected chi connectivity index (χ1v) is 9.23. The predicted molar refractivity (Wildman–Crippen MR) is 89.4 cm³/mol. The van der Waals surface area contributed by atoms with Gasteiger partial charge in [0.05, 0.1) is 16.2 Å². The number of ether oxygens (including phenoxy) is 1. The van der Waals surface area contributed by atoms with Gasteiger partial charge in [-0.05, 0) is 35.9 Å². The van der Waals surface area contributed by atoms with Gasteiger partial charge in [-0.15, -0.1) is 0 Å². The van der Waals surface area contributed by atoms with Gasteiger partial charge in [0.2, 0.25) is 0 Å². The lowest BCUT2D eigenvalue weighted by molar-refractivity contribution is -0.140. The molecule has 10 heteroatoms. The highest BCUT2D eigenvalue weighted by atomic mass is 32.2. The molecule has 0 radical (unpaired) electrons. The van der Waals surface area contributed by atoms with Crippen molar-refractivity contribution in [3.8, 4) is 22.6 Å². The molecule has 0 unspecified atom stereocenters. The monoisotopic (exact) mass is 404 g/mol. The number of hydrogen-bond donors (Lipinski definition) is 2. The molecule has 2 aromatic rings. The zero-order valence-electron chi connectivity index (χ0n) is 13.9. The molecule has 0 bridgehead atoms. The smallest absolute Gasteiger partial charge is 0.417 e. The molecular formula is C17H15F3O6S. The normalized spacial score (nSPS) is 12.0. The Balaban J connectivity index is 2.67. The summed E-state index contributed by atoms with van der Waals surface area (Å²) in [4.78, 5) is 9.82. The van der Waals surface area contributed by atoms with E-state index >= 15 is 0 Å². The van der Waals surface area contributed by atoms with Crippen molar-refractivity contribution in [1.82, 2.24) is 0 Å². The molecule has 0 aliphatic rings. The SMILES string of the molecule is CCS(=O)(=O)c1ccc(-c2cc(O)ccc2OCC(=O)O)cc1C(F)(F)F. The van der Waals surface area contributed by atoms with E-state index in [1.165, 1.54) is 19.1 Å². The number of benzene rings is 2. The van der Waals surface area contributed by atoms with E-state index in [4.69, 9.17) is 9.84 Å². The Kier molecular flexibility index (Phi) is 5.69. The average molecular weight is 404 g/mol. The number of hydrogen-bond acceptors (Lipinski definition) is 5. The largest absolute Gasteiger partial charge is 0.508 e. The van der Waals surface area contributed by atoms with Crippen LogP contribution < -0.4 is 4.74 Å². The molecule has 2 rings (SSSR count). The molecule has 0 saturated carbocycles. The number of carboxylic acid groups (broad SMARTS) is 1. The van der Waals surface area contributed by atoms with Gasteiger partial charge in [0.15, 0.2) is 16.4 Å². The van der Waals surface area contributed by atoms with Crippen LogP contribution in [-0.2, 0) is 20.8 Å². The second-order valence-corrected chi connectivity index (χ2v) is 7.72. The molecular weight excluding hydrogens is 389 g/mol. The Bertz CT molecular complexity index is 967. The van der Waals surface area contributed by atoms with Crippen molar-refractivity contribution < 1.29 is 41.3 Å². The van der Waals surface area contributed by atoms with Gasteiger partial charge < -0.3 is 14.9 Å². The molecule has 6 nitrogen and oxygen atoms in total. The molecule has 0 fully saturated rings. The lowest BCUT2D eigenvalue weighted by atomic mass is 10.0. The Morgan fingerprint density at radius 1 is 1.15 bits per heavy atom. The highest BCUT2D eigenvalue weighted by molar-refractivity contribution is 7.91. The van der Waals surface area contributed by atoms with Gasteiger partial charge in [-0.2, -0.15) is 13.2 Å². The van der Waals surface area contributed by atoms with Crippen LogP contribution in [0, 0.1) is 0 Å². The van der Waals surface area contributed by atoms with E-state index in [1.54, 1.807) is 0 Å². The third-order valence-electron chi connectivity index (χ3n) is 3.63. The number of halogens is 3. The second kappa shape index (κ2) is 7.47. The number of sulfone groups is 1. The van der Waals surface area contributed by atoms with E-state index in [0.717, 1.165) is 18.2 Å². The number of carboxylic acids is 1. The van der Waals surface area contributed by atoms with Crippen LogP contribution in [0.5, 0.6) is 11.5 Å². The summed E-state index contributed by atoms with van der Waals surface area (Å²) in [5.41, 5.74) is -1.45. The molecule has 0 aliphatic carbocycles. The zero-order valence-corrected chi connectivity index (χ0v) is 14.8. The molecule has 0 spiro atoms. The molecule has 0 amide bonds. The molecule has 146 valence electrons. The topological polar surface area (TPSA) is 101 Å². The molecule has 27 heavy (non-hydrogen) atoms. The van der Waals surface area contributed by atoms with Crippen LogP contribution in [0.4, 0.5) is 13.2 Å². The van der Waals surface area contributed by atoms with E-state index in [1.807, 2.05) is 0 Å². The standard InChI is InChI=1S/C17H15F3O6S/c1-2-27(24,25)15-6-3-10(7-13(15)17(18,19)20)12-8-11(21)4-5-14(12)26-9-16(22)23/h3-8,21H,2,9H2,1H3,(H,22,23). The van der Waals surface area contributed by atoms with E-state index < -0.39 is 44.8 Å². The number of aliphatic carboxylic acids is 1. The van der Waals surface area contributed by atoms with Gasteiger partial charge in [0.25, 0.3) is 0 Å². The average Bonchev–Trinajstić information content (AvgIpc) is 2.59. The lowest BCUT2D eigenvalue weighted by Gasteiger charge is -2.16. The van der Waals surface area contributed by atoms with Gasteiger partial charge in [-0.3, -0.25) is 0 Å². The molecule has 0 heterocycles. The van der Waals surface area contributed by atoms with Crippen LogP contribution in [0.15, 0.2) is 41.3 Å². The molecule has 2 aromatic carbocycles. The minimum atomic E-state index is -4.94. The number of alkyl halides is 3. The first-order valence-electron chi connectivity index (χ1n) is 7.57. The van der Waals surface area contributed by atoms with E-state index in [9.17, 15) is 31.5 Å². The van der Waals surface area contributed by atoms with Gasteiger partial charge in [0, 0.05) is 5.56 Å². The number of aromatic hydroxyl groups is 1. The van der Waals surface area contributed by atoms with Crippen molar-refractivity contribution in [2.24, 2.45) is 0 Å². The Morgan fingerprint density at radius 2 is 1.81 bits per heavy atom.